The van der Waals surface area contributed by atoms with E-state index < -0.39 is 11.7 Å². The molecule has 0 radical (unpaired) electrons. The van der Waals surface area contributed by atoms with Crippen molar-refractivity contribution in [1.82, 2.24) is 9.88 Å². The van der Waals surface area contributed by atoms with Crippen LogP contribution in [0.15, 0.2) is 52.9 Å². The molecule has 0 aliphatic carbocycles. The van der Waals surface area contributed by atoms with Crippen molar-refractivity contribution >= 4 is 16.8 Å². The van der Waals surface area contributed by atoms with Crippen molar-refractivity contribution in [2.75, 3.05) is 31.1 Å². The first-order chi connectivity index (χ1) is 12.5. The molecule has 0 spiro atoms. The Morgan fingerprint density at radius 1 is 0.962 bits per heavy atom. The van der Waals surface area contributed by atoms with E-state index in [0.717, 1.165) is 30.3 Å². The summed E-state index contributed by atoms with van der Waals surface area (Å²) < 4.78 is 44.4. The lowest BCUT2D eigenvalue weighted by Crippen LogP contribution is -2.46. The molecule has 0 unspecified atom stereocenters. The molecule has 4 rings (SSSR count). The zero-order valence-corrected chi connectivity index (χ0v) is 14.0. The van der Waals surface area contributed by atoms with Gasteiger partial charge in [-0.1, -0.05) is 18.2 Å². The number of hydrogen-bond acceptors (Lipinski definition) is 4. The molecule has 1 saturated heterocycles. The van der Waals surface area contributed by atoms with Crippen LogP contribution in [0.4, 0.5) is 18.9 Å². The summed E-state index contributed by atoms with van der Waals surface area (Å²) in [6, 6.07) is 13.1. The van der Waals surface area contributed by atoms with Gasteiger partial charge >= 0.3 is 6.18 Å². The quantitative estimate of drug-likeness (QED) is 0.701. The molecule has 1 aromatic heterocycles. The lowest BCUT2D eigenvalue weighted by Gasteiger charge is -2.35. The van der Waals surface area contributed by atoms with Gasteiger partial charge in [-0.2, -0.15) is 13.2 Å². The predicted molar refractivity (Wildman–Crippen MR) is 92.9 cm³/mol. The number of aromatic nitrogens is 1. The van der Waals surface area contributed by atoms with Gasteiger partial charge in [-0.3, -0.25) is 4.90 Å². The van der Waals surface area contributed by atoms with Gasteiger partial charge in [-0.15, -0.1) is 0 Å². The molecule has 0 amide bonds. The highest BCUT2D eigenvalue weighted by Gasteiger charge is 2.31. The molecule has 2 aromatic carbocycles. The van der Waals surface area contributed by atoms with E-state index in [2.05, 4.69) is 9.88 Å². The second-order valence-corrected chi connectivity index (χ2v) is 6.39. The van der Waals surface area contributed by atoms with Crippen molar-refractivity contribution in [3.8, 4) is 0 Å². The number of oxazole rings is 1. The van der Waals surface area contributed by atoms with E-state index in [1.54, 1.807) is 6.07 Å². The molecule has 1 aliphatic heterocycles. The Kier molecular flexibility index (Phi) is 4.32. The molecule has 3 aromatic rings. The van der Waals surface area contributed by atoms with Crippen molar-refractivity contribution in [1.29, 1.82) is 0 Å². The number of halogens is 3. The Morgan fingerprint density at radius 3 is 2.46 bits per heavy atom. The second-order valence-electron chi connectivity index (χ2n) is 6.39. The molecule has 1 aliphatic rings. The first kappa shape index (κ1) is 16.9. The number of alkyl halides is 3. The molecule has 2 heterocycles. The highest BCUT2D eigenvalue weighted by molar-refractivity contribution is 5.72. The van der Waals surface area contributed by atoms with Crippen LogP contribution in [0.3, 0.4) is 0 Å². The number of rotatable bonds is 3. The van der Waals surface area contributed by atoms with Crippen LogP contribution in [0.1, 0.15) is 11.5 Å². The Balaban J connectivity index is 1.39. The Bertz CT molecular complexity index is 865. The van der Waals surface area contributed by atoms with Gasteiger partial charge in [0.05, 0.1) is 12.1 Å². The monoisotopic (exact) mass is 361 g/mol. The summed E-state index contributed by atoms with van der Waals surface area (Å²) in [6.07, 6.45) is -4.31. The van der Waals surface area contributed by atoms with Crippen LogP contribution in [0.2, 0.25) is 0 Å². The van der Waals surface area contributed by atoms with Gasteiger partial charge in [0.1, 0.15) is 5.52 Å². The van der Waals surface area contributed by atoms with Crippen LogP contribution in [-0.2, 0) is 12.7 Å². The summed E-state index contributed by atoms with van der Waals surface area (Å²) >= 11 is 0. The normalized spacial score (nSPS) is 16.3. The molecule has 0 bridgehead atoms. The number of para-hydroxylation sites is 2. The summed E-state index contributed by atoms with van der Waals surface area (Å²) in [6.45, 7) is 3.43. The zero-order chi connectivity index (χ0) is 18.1. The lowest BCUT2D eigenvalue weighted by molar-refractivity contribution is -0.137. The average molecular weight is 361 g/mol. The summed E-state index contributed by atoms with van der Waals surface area (Å²) in [5.74, 6) is 0.665. The van der Waals surface area contributed by atoms with Crippen LogP contribution in [-0.4, -0.2) is 36.1 Å². The van der Waals surface area contributed by atoms with Gasteiger partial charge in [0.25, 0.3) is 0 Å². The minimum absolute atomic E-state index is 0.602. The smallest absolute Gasteiger partial charge is 0.416 e. The van der Waals surface area contributed by atoms with E-state index >= 15 is 0 Å². The molecule has 0 atom stereocenters. The van der Waals surface area contributed by atoms with E-state index in [4.69, 9.17) is 4.42 Å². The summed E-state index contributed by atoms with van der Waals surface area (Å²) in [5.41, 5.74) is 1.61. The van der Waals surface area contributed by atoms with Crippen LogP contribution < -0.4 is 4.90 Å². The summed E-state index contributed by atoms with van der Waals surface area (Å²) in [4.78, 5) is 8.66. The van der Waals surface area contributed by atoms with Crippen molar-refractivity contribution in [3.05, 3.63) is 60.0 Å². The topological polar surface area (TPSA) is 32.5 Å². The lowest BCUT2D eigenvalue weighted by atomic mass is 10.1. The largest absolute Gasteiger partial charge is 0.439 e. The maximum absolute atomic E-state index is 12.9. The van der Waals surface area contributed by atoms with Crippen molar-refractivity contribution in [2.24, 2.45) is 0 Å². The minimum Gasteiger partial charge on any atom is -0.439 e. The third-order valence-electron chi connectivity index (χ3n) is 4.61. The van der Waals surface area contributed by atoms with Gasteiger partial charge in [-0.05, 0) is 30.3 Å². The maximum Gasteiger partial charge on any atom is 0.416 e. The Morgan fingerprint density at radius 2 is 1.73 bits per heavy atom. The number of piperazine rings is 1. The number of hydrogen-bond donors (Lipinski definition) is 0. The second kappa shape index (κ2) is 6.64. The zero-order valence-electron chi connectivity index (χ0n) is 14.0. The SMILES string of the molecule is FC(F)(F)c1cccc(N2CCN(Cc3nc4ccccc4o3)CC2)c1. The standard InChI is InChI=1S/C19H18F3N3O/c20-19(21,22)14-4-3-5-15(12-14)25-10-8-24(9-11-25)13-18-23-16-6-1-2-7-17(16)26-18/h1-7,12H,8-11,13H2. The fourth-order valence-corrected chi connectivity index (χ4v) is 3.22. The highest BCUT2D eigenvalue weighted by Crippen LogP contribution is 2.32. The van der Waals surface area contributed by atoms with Crippen molar-refractivity contribution < 1.29 is 17.6 Å². The van der Waals surface area contributed by atoms with E-state index in [1.807, 2.05) is 29.2 Å². The van der Waals surface area contributed by atoms with Gasteiger partial charge in [0.2, 0.25) is 5.89 Å². The number of fused-ring (bicyclic) bond motifs is 1. The molecule has 7 heteroatoms. The molecule has 4 nitrogen and oxygen atoms in total. The van der Waals surface area contributed by atoms with Crippen molar-refractivity contribution in [2.45, 2.75) is 12.7 Å². The maximum atomic E-state index is 12.9. The molecule has 0 saturated carbocycles. The molecule has 136 valence electrons. The molecular weight excluding hydrogens is 343 g/mol. The van der Waals surface area contributed by atoms with E-state index in [1.165, 1.54) is 12.1 Å². The van der Waals surface area contributed by atoms with Crippen LogP contribution in [0.5, 0.6) is 0 Å². The van der Waals surface area contributed by atoms with E-state index in [0.29, 0.717) is 31.2 Å². The van der Waals surface area contributed by atoms with Gasteiger partial charge in [-0.25, -0.2) is 4.98 Å². The Labute approximate surface area is 148 Å². The Hall–Kier alpha value is -2.54. The average Bonchev–Trinajstić information content (AvgIpc) is 3.04. The minimum atomic E-state index is -4.31. The number of anilines is 1. The molecule has 26 heavy (non-hydrogen) atoms. The summed E-state index contributed by atoms with van der Waals surface area (Å²) in [7, 11) is 0. The third-order valence-corrected chi connectivity index (χ3v) is 4.61. The first-order valence-electron chi connectivity index (χ1n) is 8.48. The fourth-order valence-electron chi connectivity index (χ4n) is 3.22. The molecule has 1 fully saturated rings. The predicted octanol–water partition coefficient (Wildman–Crippen LogP) is 4.17. The van der Waals surface area contributed by atoms with Crippen molar-refractivity contribution in [3.63, 3.8) is 0 Å². The fraction of sp³-hybridized carbons (Fsp3) is 0.316. The van der Waals surface area contributed by atoms with Gasteiger partial charge < -0.3 is 9.32 Å². The first-order valence-corrected chi connectivity index (χ1v) is 8.48. The van der Waals surface area contributed by atoms with Crippen LogP contribution in [0, 0.1) is 0 Å². The molecule has 0 N–H and O–H groups in total. The third kappa shape index (κ3) is 3.53. The number of benzene rings is 2. The van der Waals surface area contributed by atoms with E-state index in [9.17, 15) is 13.2 Å². The highest BCUT2D eigenvalue weighted by atomic mass is 19.4. The summed E-state index contributed by atoms with van der Waals surface area (Å²) in [5, 5.41) is 0. The van der Waals surface area contributed by atoms with Gasteiger partial charge in [0, 0.05) is 31.9 Å². The van der Waals surface area contributed by atoms with Gasteiger partial charge in [0.15, 0.2) is 5.58 Å². The van der Waals surface area contributed by atoms with Crippen LogP contribution >= 0.6 is 0 Å². The molecular formula is C19H18F3N3O. The van der Waals surface area contributed by atoms with Crippen LogP contribution in [0.25, 0.3) is 11.1 Å². The number of nitrogens with zero attached hydrogens (tertiary/aromatic N) is 3. The van der Waals surface area contributed by atoms with E-state index in [-0.39, 0.29) is 0 Å².